The van der Waals surface area contributed by atoms with Crippen LogP contribution in [0.15, 0.2) is 71.7 Å². The first-order valence-corrected chi connectivity index (χ1v) is 7.24. The van der Waals surface area contributed by atoms with Gasteiger partial charge in [-0.2, -0.15) is 0 Å². The van der Waals surface area contributed by atoms with Crippen molar-refractivity contribution in [2.45, 2.75) is 6.54 Å². The second kappa shape index (κ2) is 6.08. The number of nitrogens with zero attached hydrogens (tertiary/aromatic N) is 1. The smallest absolute Gasteiger partial charge is 0.254 e. The quantitative estimate of drug-likeness (QED) is 0.796. The molecule has 1 N–H and O–H groups in total. The molecule has 0 aliphatic heterocycles. The average Bonchev–Trinajstić information content (AvgIpc) is 2.52. The summed E-state index contributed by atoms with van der Waals surface area (Å²) < 4.78 is 1.55. The van der Waals surface area contributed by atoms with Gasteiger partial charge in [0.05, 0.1) is 6.54 Å². The van der Waals surface area contributed by atoms with Gasteiger partial charge in [0, 0.05) is 17.3 Å². The van der Waals surface area contributed by atoms with Crippen molar-refractivity contribution < 1.29 is 5.11 Å². The molecule has 0 unspecified atom stereocenters. The maximum absolute atomic E-state index is 11.9. The summed E-state index contributed by atoms with van der Waals surface area (Å²) in [7, 11) is 0. The summed E-state index contributed by atoms with van der Waals surface area (Å²) in [6.07, 6.45) is 1.58. The van der Waals surface area contributed by atoms with Gasteiger partial charge in [-0.05, 0) is 34.9 Å². The zero-order chi connectivity index (χ0) is 15.5. The van der Waals surface area contributed by atoms with Crippen molar-refractivity contribution in [3.8, 4) is 16.9 Å². The zero-order valence-corrected chi connectivity index (χ0v) is 12.5. The molecule has 0 bridgehead atoms. The Bertz CT molecular complexity index is 856. The van der Waals surface area contributed by atoms with E-state index < -0.39 is 0 Å². The van der Waals surface area contributed by atoms with Gasteiger partial charge in [0.25, 0.3) is 5.56 Å². The van der Waals surface area contributed by atoms with Crippen LogP contribution >= 0.6 is 11.6 Å². The van der Waals surface area contributed by atoms with E-state index in [2.05, 4.69) is 0 Å². The molecular formula is C18H14ClNO2. The van der Waals surface area contributed by atoms with Gasteiger partial charge in [-0.15, -0.1) is 0 Å². The molecule has 3 rings (SSSR count). The fraction of sp³-hybridized carbons (Fsp3) is 0.0556. The predicted molar refractivity (Wildman–Crippen MR) is 88.4 cm³/mol. The Labute approximate surface area is 133 Å². The highest BCUT2D eigenvalue weighted by atomic mass is 35.5. The van der Waals surface area contributed by atoms with Gasteiger partial charge < -0.3 is 9.67 Å². The fourth-order valence-electron chi connectivity index (χ4n) is 2.38. The molecule has 0 saturated heterocycles. The molecule has 1 aromatic heterocycles. The largest absolute Gasteiger partial charge is 0.508 e. The van der Waals surface area contributed by atoms with Crippen LogP contribution in [0.2, 0.25) is 5.02 Å². The van der Waals surface area contributed by atoms with E-state index in [0.717, 1.165) is 16.7 Å². The SMILES string of the molecule is O=c1cc(O)ccn1Cc1ccc(Cl)cc1-c1ccccc1. The standard InChI is InChI=1S/C18H14ClNO2/c19-15-7-6-14(12-20-9-8-16(21)11-18(20)22)17(10-15)13-4-2-1-3-5-13/h1-11,21H,12H2. The molecule has 110 valence electrons. The van der Waals surface area contributed by atoms with Crippen LogP contribution in [0.4, 0.5) is 0 Å². The summed E-state index contributed by atoms with van der Waals surface area (Å²) in [5, 5.41) is 10.00. The minimum atomic E-state index is -0.242. The monoisotopic (exact) mass is 311 g/mol. The van der Waals surface area contributed by atoms with Gasteiger partial charge in [0.2, 0.25) is 0 Å². The van der Waals surface area contributed by atoms with Crippen LogP contribution in [0.1, 0.15) is 5.56 Å². The van der Waals surface area contributed by atoms with E-state index in [0.29, 0.717) is 11.6 Å². The maximum atomic E-state index is 11.9. The van der Waals surface area contributed by atoms with Crippen LogP contribution in [-0.2, 0) is 6.54 Å². The summed E-state index contributed by atoms with van der Waals surface area (Å²) in [6, 6.07) is 18.2. The summed E-state index contributed by atoms with van der Waals surface area (Å²) in [5.74, 6) is -0.0272. The number of hydrogen-bond donors (Lipinski definition) is 1. The van der Waals surface area contributed by atoms with Gasteiger partial charge in [-0.25, -0.2) is 0 Å². The minimum Gasteiger partial charge on any atom is -0.508 e. The maximum Gasteiger partial charge on any atom is 0.254 e. The Morgan fingerprint density at radius 2 is 1.77 bits per heavy atom. The van der Waals surface area contributed by atoms with Gasteiger partial charge in [0.15, 0.2) is 0 Å². The molecule has 3 aromatic rings. The highest BCUT2D eigenvalue weighted by Crippen LogP contribution is 2.27. The summed E-state index contributed by atoms with van der Waals surface area (Å²) in [6.45, 7) is 0.417. The molecule has 0 amide bonds. The van der Waals surface area contributed by atoms with E-state index in [-0.39, 0.29) is 11.3 Å². The lowest BCUT2D eigenvalue weighted by molar-refractivity contribution is 0.471. The Morgan fingerprint density at radius 1 is 1.00 bits per heavy atom. The van der Waals surface area contributed by atoms with Gasteiger partial charge >= 0.3 is 0 Å². The van der Waals surface area contributed by atoms with Crippen molar-refractivity contribution in [1.82, 2.24) is 4.57 Å². The number of halogens is 1. The molecule has 22 heavy (non-hydrogen) atoms. The Morgan fingerprint density at radius 3 is 2.50 bits per heavy atom. The van der Waals surface area contributed by atoms with Crippen LogP contribution in [0.3, 0.4) is 0 Å². The van der Waals surface area contributed by atoms with Crippen molar-refractivity contribution >= 4 is 11.6 Å². The first-order chi connectivity index (χ1) is 10.6. The van der Waals surface area contributed by atoms with Gasteiger partial charge in [-0.1, -0.05) is 48.0 Å². The molecule has 0 fully saturated rings. The third kappa shape index (κ3) is 3.05. The lowest BCUT2D eigenvalue weighted by atomic mass is 9.99. The number of rotatable bonds is 3. The fourth-order valence-corrected chi connectivity index (χ4v) is 2.56. The molecule has 0 atom stereocenters. The molecule has 0 spiro atoms. The molecule has 0 aliphatic rings. The van der Waals surface area contributed by atoms with E-state index in [1.54, 1.807) is 10.8 Å². The molecule has 0 aliphatic carbocycles. The number of pyridine rings is 1. The third-order valence-electron chi connectivity index (χ3n) is 3.48. The van der Waals surface area contributed by atoms with Crippen molar-refractivity contribution in [2.75, 3.05) is 0 Å². The summed E-state index contributed by atoms with van der Waals surface area (Å²) in [5.41, 5.74) is 2.79. The number of benzene rings is 2. The lowest BCUT2D eigenvalue weighted by Crippen LogP contribution is -2.18. The molecule has 0 radical (unpaired) electrons. The third-order valence-corrected chi connectivity index (χ3v) is 3.71. The van der Waals surface area contributed by atoms with E-state index >= 15 is 0 Å². The number of aromatic hydroxyl groups is 1. The highest BCUT2D eigenvalue weighted by Gasteiger charge is 2.08. The van der Waals surface area contributed by atoms with Crippen LogP contribution in [-0.4, -0.2) is 9.67 Å². The van der Waals surface area contributed by atoms with Gasteiger partial charge in [-0.3, -0.25) is 4.79 Å². The molecular weight excluding hydrogens is 298 g/mol. The van der Waals surface area contributed by atoms with E-state index in [4.69, 9.17) is 11.6 Å². The lowest BCUT2D eigenvalue weighted by Gasteiger charge is -2.12. The summed E-state index contributed by atoms with van der Waals surface area (Å²) in [4.78, 5) is 11.9. The predicted octanol–water partition coefficient (Wildman–Crippen LogP) is 3.92. The minimum absolute atomic E-state index is 0.0272. The van der Waals surface area contributed by atoms with E-state index in [9.17, 15) is 9.90 Å². The van der Waals surface area contributed by atoms with Crippen molar-refractivity contribution in [2.24, 2.45) is 0 Å². The molecule has 2 aromatic carbocycles. The van der Waals surface area contributed by atoms with Crippen molar-refractivity contribution in [3.05, 3.63) is 87.8 Å². The Kier molecular flexibility index (Phi) is 3.98. The van der Waals surface area contributed by atoms with Crippen LogP contribution in [0.25, 0.3) is 11.1 Å². The first kappa shape index (κ1) is 14.4. The Balaban J connectivity index is 2.06. The normalized spacial score (nSPS) is 10.6. The van der Waals surface area contributed by atoms with Crippen LogP contribution < -0.4 is 5.56 Å². The topological polar surface area (TPSA) is 42.2 Å². The molecule has 0 saturated carbocycles. The second-order valence-electron chi connectivity index (χ2n) is 5.02. The number of aromatic nitrogens is 1. The van der Waals surface area contributed by atoms with Crippen molar-refractivity contribution in [1.29, 1.82) is 0 Å². The summed E-state index contributed by atoms with van der Waals surface area (Å²) >= 11 is 6.12. The zero-order valence-electron chi connectivity index (χ0n) is 11.7. The van der Waals surface area contributed by atoms with Crippen LogP contribution in [0, 0.1) is 0 Å². The molecule has 3 nitrogen and oxygen atoms in total. The number of hydrogen-bond acceptors (Lipinski definition) is 2. The first-order valence-electron chi connectivity index (χ1n) is 6.87. The van der Waals surface area contributed by atoms with Crippen molar-refractivity contribution in [3.63, 3.8) is 0 Å². The van der Waals surface area contributed by atoms with Gasteiger partial charge in [0.1, 0.15) is 5.75 Å². The second-order valence-corrected chi connectivity index (χ2v) is 5.46. The molecule has 4 heteroatoms. The molecule has 1 heterocycles. The van der Waals surface area contributed by atoms with E-state index in [1.165, 1.54) is 12.1 Å². The highest BCUT2D eigenvalue weighted by molar-refractivity contribution is 6.30. The van der Waals surface area contributed by atoms with E-state index in [1.807, 2.05) is 48.5 Å². The average molecular weight is 312 g/mol. The van der Waals surface area contributed by atoms with Crippen LogP contribution in [0.5, 0.6) is 5.75 Å². The Hall–Kier alpha value is -2.52.